The molecule has 0 radical (unpaired) electrons. The number of hydrogen-bond donors (Lipinski definition) is 1. The summed E-state index contributed by atoms with van der Waals surface area (Å²) < 4.78 is 2.14. The van der Waals surface area contributed by atoms with Crippen LogP contribution < -0.4 is 5.73 Å². The van der Waals surface area contributed by atoms with Gasteiger partial charge in [-0.15, -0.1) is 0 Å². The molecule has 0 bridgehead atoms. The Morgan fingerprint density at radius 1 is 1.54 bits per heavy atom. The highest BCUT2D eigenvalue weighted by atomic mass is 15.1. The SMILES string of the molecule is CCC(C)(C)Cn1cncc1CN. The van der Waals surface area contributed by atoms with Gasteiger partial charge in [0, 0.05) is 19.3 Å². The van der Waals surface area contributed by atoms with E-state index in [-0.39, 0.29) is 0 Å². The van der Waals surface area contributed by atoms with Crippen LogP contribution >= 0.6 is 0 Å². The monoisotopic (exact) mass is 181 g/mol. The highest BCUT2D eigenvalue weighted by molar-refractivity contribution is 4.97. The molecule has 1 aromatic rings. The Morgan fingerprint density at radius 2 is 2.23 bits per heavy atom. The van der Waals surface area contributed by atoms with E-state index in [4.69, 9.17) is 5.73 Å². The minimum Gasteiger partial charge on any atom is -0.333 e. The van der Waals surface area contributed by atoms with Crippen molar-refractivity contribution in [3.8, 4) is 0 Å². The van der Waals surface area contributed by atoms with Crippen molar-refractivity contribution in [2.45, 2.75) is 40.3 Å². The van der Waals surface area contributed by atoms with Crippen LogP contribution in [-0.2, 0) is 13.1 Å². The quantitative estimate of drug-likeness (QED) is 0.769. The first-order valence-corrected chi connectivity index (χ1v) is 4.78. The summed E-state index contributed by atoms with van der Waals surface area (Å²) in [5.41, 5.74) is 7.03. The van der Waals surface area contributed by atoms with E-state index in [1.54, 1.807) is 0 Å². The maximum atomic E-state index is 5.59. The lowest BCUT2D eigenvalue weighted by Crippen LogP contribution is -2.20. The Morgan fingerprint density at radius 3 is 2.77 bits per heavy atom. The largest absolute Gasteiger partial charge is 0.333 e. The predicted molar refractivity (Wildman–Crippen MR) is 54.2 cm³/mol. The fourth-order valence-corrected chi connectivity index (χ4v) is 1.23. The van der Waals surface area contributed by atoms with Crippen molar-refractivity contribution in [1.29, 1.82) is 0 Å². The van der Waals surface area contributed by atoms with Gasteiger partial charge in [-0.3, -0.25) is 0 Å². The van der Waals surface area contributed by atoms with E-state index in [1.807, 2.05) is 12.5 Å². The van der Waals surface area contributed by atoms with Gasteiger partial charge in [0.25, 0.3) is 0 Å². The van der Waals surface area contributed by atoms with Crippen LogP contribution in [0.2, 0.25) is 0 Å². The van der Waals surface area contributed by atoms with Crippen molar-refractivity contribution in [2.75, 3.05) is 0 Å². The Bertz CT molecular complexity index is 263. The Hall–Kier alpha value is -0.830. The highest BCUT2D eigenvalue weighted by Crippen LogP contribution is 2.22. The molecular formula is C10H19N3. The molecule has 3 nitrogen and oxygen atoms in total. The van der Waals surface area contributed by atoms with Crippen molar-refractivity contribution in [3.05, 3.63) is 18.2 Å². The average Bonchev–Trinajstić information content (AvgIpc) is 2.51. The molecule has 0 aliphatic heterocycles. The Labute approximate surface area is 80.0 Å². The van der Waals surface area contributed by atoms with Gasteiger partial charge in [-0.25, -0.2) is 4.98 Å². The summed E-state index contributed by atoms with van der Waals surface area (Å²) in [6.07, 6.45) is 4.86. The second kappa shape index (κ2) is 3.92. The van der Waals surface area contributed by atoms with Crippen LogP contribution in [0, 0.1) is 5.41 Å². The smallest absolute Gasteiger partial charge is 0.0948 e. The summed E-state index contributed by atoms with van der Waals surface area (Å²) in [5.74, 6) is 0. The third-order valence-corrected chi connectivity index (χ3v) is 2.56. The van der Waals surface area contributed by atoms with Crippen molar-refractivity contribution >= 4 is 0 Å². The summed E-state index contributed by atoms with van der Waals surface area (Å²) in [7, 11) is 0. The van der Waals surface area contributed by atoms with E-state index in [9.17, 15) is 0 Å². The van der Waals surface area contributed by atoms with Crippen LogP contribution in [0.25, 0.3) is 0 Å². The summed E-state index contributed by atoms with van der Waals surface area (Å²) >= 11 is 0. The third-order valence-electron chi connectivity index (χ3n) is 2.56. The molecule has 0 unspecified atom stereocenters. The summed E-state index contributed by atoms with van der Waals surface area (Å²) in [5, 5.41) is 0. The minimum atomic E-state index is 0.324. The van der Waals surface area contributed by atoms with Crippen LogP contribution in [0.1, 0.15) is 32.9 Å². The zero-order valence-electron chi connectivity index (χ0n) is 8.75. The topological polar surface area (TPSA) is 43.8 Å². The van der Waals surface area contributed by atoms with Gasteiger partial charge in [0.1, 0.15) is 0 Å². The number of hydrogen-bond acceptors (Lipinski definition) is 2. The van der Waals surface area contributed by atoms with Crippen LogP contribution in [-0.4, -0.2) is 9.55 Å². The number of nitrogens with two attached hydrogens (primary N) is 1. The maximum Gasteiger partial charge on any atom is 0.0948 e. The molecule has 3 heteroatoms. The van der Waals surface area contributed by atoms with E-state index in [0.29, 0.717) is 12.0 Å². The molecule has 1 rings (SSSR count). The molecule has 0 saturated carbocycles. The molecule has 0 saturated heterocycles. The summed E-state index contributed by atoms with van der Waals surface area (Å²) in [4.78, 5) is 4.09. The average molecular weight is 181 g/mol. The molecule has 13 heavy (non-hydrogen) atoms. The number of imidazole rings is 1. The van der Waals surface area contributed by atoms with Crippen molar-refractivity contribution < 1.29 is 0 Å². The molecule has 0 aliphatic carbocycles. The zero-order valence-corrected chi connectivity index (χ0v) is 8.75. The number of aromatic nitrogens is 2. The van der Waals surface area contributed by atoms with Crippen LogP contribution in [0.3, 0.4) is 0 Å². The number of nitrogens with zero attached hydrogens (tertiary/aromatic N) is 2. The molecular weight excluding hydrogens is 162 g/mol. The van der Waals surface area contributed by atoms with Gasteiger partial charge in [0.05, 0.1) is 12.0 Å². The fourth-order valence-electron chi connectivity index (χ4n) is 1.23. The molecule has 1 aromatic heterocycles. The van der Waals surface area contributed by atoms with Gasteiger partial charge < -0.3 is 10.3 Å². The molecule has 0 amide bonds. The van der Waals surface area contributed by atoms with Crippen molar-refractivity contribution in [1.82, 2.24) is 9.55 Å². The third kappa shape index (κ3) is 2.56. The molecule has 74 valence electrons. The van der Waals surface area contributed by atoms with Crippen molar-refractivity contribution in [2.24, 2.45) is 11.1 Å². The van der Waals surface area contributed by atoms with E-state index >= 15 is 0 Å². The molecule has 0 fully saturated rings. The van der Waals surface area contributed by atoms with E-state index in [0.717, 1.165) is 18.7 Å². The van der Waals surface area contributed by atoms with Gasteiger partial charge >= 0.3 is 0 Å². The molecule has 0 aliphatic rings. The molecule has 0 spiro atoms. The van der Waals surface area contributed by atoms with Gasteiger partial charge in [0.15, 0.2) is 0 Å². The normalized spacial score (nSPS) is 12.0. The van der Waals surface area contributed by atoms with Gasteiger partial charge in [-0.05, 0) is 11.8 Å². The van der Waals surface area contributed by atoms with E-state index in [2.05, 4.69) is 30.3 Å². The molecule has 0 aromatic carbocycles. The summed E-state index contributed by atoms with van der Waals surface area (Å²) in [6, 6.07) is 0. The Balaban J connectivity index is 2.73. The second-order valence-corrected chi connectivity index (χ2v) is 4.23. The van der Waals surface area contributed by atoms with Gasteiger partial charge in [-0.1, -0.05) is 20.8 Å². The van der Waals surface area contributed by atoms with Crippen molar-refractivity contribution in [3.63, 3.8) is 0 Å². The van der Waals surface area contributed by atoms with E-state index in [1.165, 1.54) is 0 Å². The highest BCUT2D eigenvalue weighted by Gasteiger charge is 2.16. The molecule has 0 atom stereocenters. The molecule has 2 N–H and O–H groups in total. The number of rotatable bonds is 4. The first kappa shape index (κ1) is 10.3. The first-order valence-electron chi connectivity index (χ1n) is 4.78. The van der Waals surface area contributed by atoms with Gasteiger partial charge in [0.2, 0.25) is 0 Å². The van der Waals surface area contributed by atoms with Crippen LogP contribution in [0.5, 0.6) is 0 Å². The zero-order chi connectivity index (χ0) is 9.90. The van der Waals surface area contributed by atoms with Crippen LogP contribution in [0.15, 0.2) is 12.5 Å². The lowest BCUT2D eigenvalue weighted by molar-refractivity contribution is 0.291. The fraction of sp³-hybridized carbons (Fsp3) is 0.700. The lowest BCUT2D eigenvalue weighted by Gasteiger charge is -2.23. The minimum absolute atomic E-state index is 0.324. The Kier molecular flexibility index (Phi) is 3.09. The summed E-state index contributed by atoms with van der Waals surface area (Å²) in [6.45, 7) is 8.29. The first-order chi connectivity index (χ1) is 6.09. The predicted octanol–water partition coefficient (Wildman–Crippen LogP) is 1.78. The standard InChI is InChI=1S/C10H19N3/c1-4-10(2,3)7-13-8-12-6-9(13)5-11/h6,8H,4-5,7,11H2,1-3H3. The maximum absolute atomic E-state index is 5.59. The van der Waals surface area contributed by atoms with Gasteiger partial charge in [-0.2, -0.15) is 0 Å². The van der Waals surface area contributed by atoms with E-state index < -0.39 is 0 Å². The van der Waals surface area contributed by atoms with Crippen LogP contribution in [0.4, 0.5) is 0 Å². The lowest BCUT2D eigenvalue weighted by atomic mass is 9.90. The molecule has 1 heterocycles. The second-order valence-electron chi connectivity index (χ2n) is 4.23.